The Morgan fingerprint density at radius 3 is 2.07 bits per heavy atom. The maximum atomic E-state index is 3.81. The summed E-state index contributed by atoms with van der Waals surface area (Å²) in [5.41, 5.74) is 1.61. The van der Waals surface area contributed by atoms with Crippen LogP contribution in [0.15, 0.2) is 24.3 Å². The lowest BCUT2D eigenvalue weighted by atomic mass is 9.88. The molecular formula is C14H26. The SMILES string of the molecule is C=CCC(C)C(=CC(C)C)CC(C)C. The molecule has 0 aliphatic rings. The number of hydrogen-bond donors (Lipinski definition) is 0. The first-order valence-corrected chi connectivity index (χ1v) is 5.78. The van der Waals surface area contributed by atoms with E-state index in [1.165, 1.54) is 6.42 Å². The summed E-state index contributed by atoms with van der Waals surface area (Å²) in [6.45, 7) is 15.2. The van der Waals surface area contributed by atoms with Crippen LogP contribution in [-0.2, 0) is 0 Å². The van der Waals surface area contributed by atoms with Gasteiger partial charge in [0.1, 0.15) is 0 Å². The molecule has 0 aromatic rings. The Balaban J connectivity index is 4.45. The second-order valence-electron chi connectivity index (χ2n) is 5.01. The van der Waals surface area contributed by atoms with E-state index in [4.69, 9.17) is 0 Å². The van der Waals surface area contributed by atoms with Crippen molar-refractivity contribution < 1.29 is 0 Å². The Morgan fingerprint density at radius 1 is 1.14 bits per heavy atom. The van der Waals surface area contributed by atoms with E-state index in [1.54, 1.807) is 5.57 Å². The van der Waals surface area contributed by atoms with Crippen molar-refractivity contribution in [2.24, 2.45) is 17.8 Å². The van der Waals surface area contributed by atoms with Crippen LogP contribution in [0, 0.1) is 17.8 Å². The molecule has 1 unspecified atom stereocenters. The minimum Gasteiger partial charge on any atom is -0.103 e. The van der Waals surface area contributed by atoms with Gasteiger partial charge < -0.3 is 0 Å². The van der Waals surface area contributed by atoms with Crippen LogP contribution in [-0.4, -0.2) is 0 Å². The summed E-state index contributed by atoms with van der Waals surface area (Å²) in [6.07, 6.45) is 6.78. The Bertz CT molecular complexity index is 184. The Kier molecular flexibility index (Phi) is 6.61. The normalized spacial score (nSPS) is 14.9. The first-order chi connectivity index (χ1) is 6.47. The molecule has 0 amide bonds. The molecule has 0 aliphatic heterocycles. The topological polar surface area (TPSA) is 0 Å². The highest BCUT2D eigenvalue weighted by Gasteiger charge is 2.09. The van der Waals surface area contributed by atoms with Crippen LogP contribution in [0.25, 0.3) is 0 Å². The molecule has 0 bridgehead atoms. The van der Waals surface area contributed by atoms with E-state index < -0.39 is 0 Å². The predicted molar refractivity (Wildman–Crippen MR) is 66.4 cm³/mol. The Labute approximate surface area is 90.1 Å². The fourth-order valence-corrected chi connectivity index (χ4v) is 1.73. The van der Waals surface area contributed by atoms with Crippen molar-refractivity contribution in [2.45, 2.75) is 47.5 Å². The second-order valence-corrected chi connectivity index (χ2v) is 5.01. The van der Waals surface area contributed by atoms with E-state index in [9.17, 15) is 0 Å². The molecule has 0 rings (SSSR count). The van der Waals surface area contributed by atoms with Crippen molar-refractivity contribution >= 4 is 0 Å². The third kappa shape index (κ3) is 6.01. The standard InChI is InChI=1S/C14H26/c1-7-8-13(6)14(9-11(2)3)10-12(4)5/h7,9,11-13H,1,8,10H2,2-6H3. The maximum Gasteiger partial charge on any atom is -0.0197 e. The van der Waals surface area contributed by atoms with Gasteiger partial charge in [-0.15, -0.1) is 6.58 Å². The van der Waals surface area contributed by atoms with Crippen molar-refractivity contribution in [1.82, 2.24) is 0 Å². The molecule has 0 heterocycles. The van der Waals surface area contributed by atoms with Crippen molar-refractivity contribution in [3.05, 3.63) is 24.3 Å². The number of rotatable bonds is 6. The minimum atomic E-state index is 0.663. The van der Waals surface area contributed by atoms with Gasteiger partial charge in [-0.3, -0.25) is 0 Å². The zero-order valence-corrected chi connectivity index (χ0v) is 10.5. The van der Waals surface area contributed by atoms with Crippen molar-refractivity contribution in [1.29, 1.82) is 0 Å². The fraction of sp³-hybridized carbons (Fsp3) is 0.714. The Hall–Kier alpha value is -0.520. The van der Waals surface area contributed by atoms with Crippen molar-refractivity contribution in [2.75, 3.05) is 0 Å². The smallest absolute Gasteiger partial charge is 0.0197 e. The molecular weight excluding hydrogens is 168 g/mol. The van der Waals surface area contributed by atoms with Gasteiger partial charge in [0.15, 0.2) is 0 Å². The number of allylic oxidation sites excluding steroid dienone is 3. The van der Waals surface area contributed by atoms with Crippen LogP contribution in [0.1, 0.15) is 47.5 Å². The largest absolute Gasteiger partial charge is 0.103 e. The van der Waals surface area contributed by atoms with Crippen LogP contribution < -0.4 is 0 Å². The van der Waals surface area contributed by atoms with Crippen molar-refractivity contribution in [3.8, 4) is 0 Å². The quantitative estimate of drug-likeness (QED) is 0.531. The molecule has 0 heteroatoms. The molecule has 0 spiro atoms. The molecule has 0 aromatic heterocycles. The summed E-state index contributed by atoms with van der Waals surface area (Å²) < 4.78 is 0. The molecule has 0 nitrogen and oxygen atoms in total. The van der Waals surface area contributed by atoms with Gasteiger partial charge >= 0.3 is 0 Å². The van der Waals surface area contributed by atoms with Crippen LogP contribution in [0.5, 0.6) is 0 Å². The maximum absolute atomic E-state index is 3.81. The van der Waals surface area contributed by atoms with Gasteiger partial charge in [-0.05, 0) is 30.6 Å². The zero-order valence-electron chi connectivity index (χ0n) is 10.5. The summed E-state index contributed by atoms with van der Waals surface area (Å²) in [6, 6.07) is 0. The molecule has 0 aromatic carbocycles. The first kappa shape index (κ1) is 13.5. The number of hydrogen-bond acceptors (Lipinski definition) is 0. The zero-order chi connectivity index (χ0) is 11.1. The van der Waals surface area contributed by atoms with Gasteiger partial charge in [-0.25, -0.2) is 0 Å². The summed E-state index contributed by atoms with van der Waals surface area (Å²) in [7, 11) is 0. The lowest BCUT2D eigenvalue weighted by molar-refractivity contribution is 0.559. The van der Waals surface area contributed by atoms with E-state index in [2.05, 4.69) is 47.3 Å². The highest BCUT2D eigenvalue weighted by molar-refractivity contribution is 5.08. The Morgan fingerprint density at radius 2 is 1.71 bits per heavy atom. The van der Waals surface area contributed by atoms with Crippen molar-refractivity contribution in [3.63, 3.8) is 0 Å². The lowest BCUT2D eigenvalue weighted by Crippen LogP contribution is -2.03. The van der Waals surface area contributed by atoms with Gasteiger partial charge in [0.05, 0.1) is 0 Å². The van der Waals surface area contributed by atoms with E-state index in [0.29, 0.717) is 11.8 Å². The first-order valence-electron chi connectivity index (χ1n) is 5.78. The summed E-state index contributed by atoms with van der Waals surface area (Å²) >= 11 is 0. The van der Waals surface area contributed by atoms with Gasteiger partial charge in [0.25, 0.3) is 0 Å². The van der Waals surface area contributed by atoms with E-state index in [1.807, 2.05) is 6.08 Å². The monoisotopic (exact) mass is 194 g/mol. The molecule has 0 aliphatic carbocycles. The third-order valence-corrected chi connectivity index (χ3v) is 2.34. The molecule has 82 valence electrons. The fourth-order valence-electron chi connectivity index (χ4n) is 1.73. The van der Waals surface area contributed by atoms with E-state index in [-0.39, 0.29) is 0 Å². The van der Waals surface area contributed by atoms with Gasteiger partial charge in [0.2, 0.25) is 0 Å². The van der Waals surface area contributed by atoms with E-state index in [0.717, 1.165) is 12.3 Å². The second kappa shape index (κ2) is 6.86. The average molecular weight is 194 g/mol. The van der Waals surface area contributed by atoms with Crippen LogP contribution in [0.3, 0.4) is 0 Å². The van der Waals surface area contributed by atoms with E-state index >= 15 is 0 Å². The molecule has 0 N–H and O–H groups in total. The molecule has 1 atom stereocenters. The van der Waals surface area contributed by atoms with Crippen LogP contribution >= 0.6 is 0 Å². The third-order valence-electron chi connectivity index (χ3n) is 2.34. The predicted octanol–water partition coefficient (Wildman–Crippen LogP) is 4.83. The van der Waals surface area contributed by atoms with Gasteiger partial charge in [0, 0.05) is 0 Å². The van der Waals surface area contributed by atoms with Crippen LogP contribution in [0.4, 0.5) is 0 Å². The van der Waals surface area contributed by atoms with Gasteiger partial charge in [-0.1, -0.05) is 52.3 Å². The highest BCUT2D eigenvalue weighted by Crippen LogP contribution is 2.24. The highest BCUT2D eigenvalue weighted by atomic mass is 14.1. The minimum absolute atomic E-state index is 0.663. The van der Waals surface area contributed by atoms with Crippen LogP contribution in [0.2, 0.25) is 0 Å². The average Bonchev–Trinajstić information content (AvgIpc) is 2.01. The summed E-state index contributed by atoms with van der Waals surface area (Å²) in [5.74, 6) is 2.08. The molecule has 0 saturated carbocycles. The lowest BCUT2D eigenvalue weighted by Gasteiger charge is -2.17. The summed E-state index contributed by atoms with van der Waals surface area (Å²) in [5, 5.41) is 0. The van der Waals surface area contributed by atoms with Gasteiger partial charge in [-0.2, -0.15) is 0 Å². The molecule has 0 radical (unpaired) electrons. The summed E-state index contributed by atoms with van der Waals surface area (Å²) in [4.78, 5) is 0. The molecule has 14 heavy (non-hydrogen) atoms. The molecule has 0 fully saturated rings. The molecule has 0 saturated heterocycles.